The molecule has 29 heavy (non-hydrogen) atoms. The number of hydrogen-bond donors (Lipinski definition) is 2. The number of halogens is 1. The molecule has 2 N–H and O–H groups in total. The smallest absolute Gasteiger partial charge is 0.191 e. The second kappa shape index (κ2) is 14.5. The highest BCUT2D eigenvalue weighted by molar-refractivity contribution is 14.0. The zero-order chi connectivity index (χ0) is 20.2. The summed E-state index contributed by atoms with van der Waals surface area (Å²) in [5.74, 6) is 2.52. The number of benzene rings is 1. The third kappa shape index (κ3) is 8.86. The molecule has 1 heterocycles. The highest BCUT2D eigenvalue weighted by Crippen LogP contribution is 2.30. The Morgan fingerprint density at radius 2 is 1.86 bits per heavy atom. The van der Waals surface area contributed by atoms with E-state index in [0.717, 1.165) is 81.8 Å². The lowest BCUT2D eigenvalue weighted by atomic mass is 10.2. The van der Waals surface area contributed by atoms with Gasteiger partial charge < -0.3 is 29.7 Å². The number of guanidine groups is 1. The first-order chi connectivity index (χ1) is 13.7. The summed E-state index contributed by atoms with van der Waals surface area (Å²) >= 11 is 0. The molecule has 1 aromatic rings. The molecule has 166 valence electrons. The molecule has 8 heteroatoms. The van der Waals surface area contributed by atoms with Crippen LogP contribution in [0.2, 0.25) is 0 Å². The van der Waals surface area contributed by atoms with Crippen molar-refractivity contribution in [1.29, 1.82) is 0 Å². The number of anilines is 1. The van der Waals surface area contributed by atoms with Crippen LogP contribution in [0.5, 0.6) is 11.5 Å². The second-order valence-electron chi connectivity index (χ2n) is 6.81. The van der Waals surface area contributed by atoms with Crippen LogP contribution in [0.4, 0.5) is 5.69 Å². The van der Waals surface area contributed by atoms with Crippen LogP contribution in [0, 0.1) is 0 Å². The zero-order valence-electron chi connectivity index (χ0n) is 18.2. The quantitative estimate of drug-likeness (QED) is 0.202. The zero-order valence-corrected chi connectivity index (χ0v) is 20.5. The van der Waals surface area contributed by atoms with Crippen LogP contribution in [0.25, 0.3) is 0 Å². The molecule has 1 unspecified atom stereocenters. The molecule has 0 radical (unpaired) electrons. The molecule has 0 aromatic heterocycles. The largest absolute Gasteiger partial charge is 0.497 e. The number of methoxy groups -OCH3 is 2. The molecule has 0 bridgehead atoms. The molecule has 7 nitrogen and oxygen atoms in total. The predicted octanol–water partition coefficient (Wildman–Crippen LogP) is 3.27. The van der Waals surface area contributed by atoms with E-state index in [9.17, 15) is 0 Å². The Morgan fingerprint density at radius 1 is 1.14 bits per heavy atom. The Bertz CT molecular complexity index is 593. The van der Waals surface area contributed by atoms with E-state index in [1.54, 1.807) is 14.2 Å². The number of aliphatic imine (C=N–C) groups is 1. The highest BCUT2D eigenvalue weighted by Gasteiger charge is 2.24. The Kier molecular flexibility index (Phi) is 12.8. The molecule has 0 saturated carbocycles. The van der Waals surface area contributed by atoms with Gasteiger partial charge in [0.15, 0.2) is 5.96 Å². The molecule has 0 aliphatic carbocycles. The van der Waals surface area contributed by atoms with Crippen molar-refractivity contribution < 1.29 is 14.2 Å². The van der Waals surface area contributed by atoms with Gasteiger partial charge in [0.05, 0.1) is 14.2 Å². The number of hydrogen-bond acceptors (Lipinski definition) is 5. The van der Waals surface area contributed by atoms with Gasteiger partial charge in [-0.2, -0.15) is 0 Å². The molecule has 1 aromatic carbocycles. The summed E-state index contributed by atoms with van der Waals surface area (Å²) in [6.45, 7) is 9.29. The summed E-state index contributed by atoms with van der Waals surface area (Å²) in [5, 5.41) is 6.93. The van der Waals surface area contributed by atoms with Crippen molar-refractivity contribution in [2.24, 2.45) is 4.99 Å². The molecule has 1 saturated heterocycles. The molecule has 1 aliphatic rings. The van der Waals surface area contributed by atoms with Gasteiger partial charge in [-0.1, -0.05) is 0 Å². The minimum Gasteiger partial charge on any atom is -0.497 e. The van der Waals surface area contributed by atoms with Gasteiger partial charge in [-0.05, 0) is 33.1 Å². The van der Waals surface area contributed by atoms with E-state index >= 15 is 0 Å². The van der Waals surface area contributed by atoms with Gasteiger partial charge in [-0.25, -0.2) is 0 Å². The summed E-state index contributed by atoms with van der Waals surface area (Å²) in [4.78, 5) is 7.06. The van der Waals surface area contributed by atoms with E-state index < -0.39 is 0 Å². The molecule has 0 amide bonds. The normalized spacial score (nSPS) is 16.3. The number of rotatable bonds is 11. The van der Waals surface area contributed by atoms with Gasteiger partial charge in [0.25, 0.3) is 0 Å². The molecule has 1 aliphatic heterocycles. The topological polar surface area (TPSA) is 67.4 Å². The fourth-order valence-corrected chi connectivity index (χ4v) is 3.25. The average Bonchev–Trinajstić information content (AvgIpc) is 3.18. The van der Waals surface area contributed by atoms with Crippen LogP contribution in [0.3, 0.4) is 0 Å². The molecular weight excluding hydrogens is 483 g/mol. The summed E-state index contributed by atoms with van der Waals surface area (Å²) in [5.41, 5.74) is 1.12. The van der Waals surface area contributed by atoms with Crippen LogP contribution in [-0.4, -0.2) is 65.6 Å². The Balaban J connectivity index is 0.00000420. The monoisotopic (exact) mass is 520 g/mol. The van der Waals surface area contributed by atoms with Crippen LogP contribution in [-0.2, 0) is 4.74 Å². The van der Waals surface area contributed by atoms with E-state index in [0.29, 0.717) is 6.04 Å². The first kappa shape index (κ1) is 25.6. The Morgan fingerprint density at radius 3 is 2.48 bits per heavy atom. The van der Waals surface area contributed by atoms with Crippen LogP contribution >= 0.6 is 24.0 Å². The summed E-state index contributed by atoms with van der Waals surface area (Å²) in [6.07, 6.45) is 3.15. The summed E-state index contributed by atoms with van der Waals surface area (Å²) in [6, 6.07) is 6.38. The Hall–Kier alpha value is -1.42. The van der Waals surface area contributed by atoms with Crippen molar-refractivity contribution in [3.05, 3.63) is 18.2 Å². The van der Waals surface area contributed by atoms with Crippen LogP contribution < -0.4 is 25.0 Å². The minimum atomic E-state index is 0. The first-order valence-electron chi connectivity index (χ1n) is 10.3. The molecular formula is C21H37IN4O3. The summed E-state index contributed by atoms with van der Waals surface area (Å²) in [7, 11) is 3.36. The highest BCUT2D eigenvalue weighted by atomic mass is 127. The van der Waals surface area contributed by atoms with Crippen molar-refractivity contribution in [2.75, 3.05) is 58.5 Å². The van der Waals surface area contributed by atoms with Gasteiger partial charge in [-0.15, -0.1) is 24.0 Å². The molecule has 0 spiro atoms. The number of nitrogens with zero attached hydrogens (tertiary/aromatic N) is 2. The van der Waals surface area contributed by atoms with E-state index in [2.05, 4.69) is 34.6 Å². The fraction of sp³-hybridized carbons (Fsp3) is 0.667. The maximum absolute atomic E-state index is 5.40. The average molecular weight is 520 g/mol. The van der Waals surface area contributed by atoms with E-state index in [1.165, 1.54) is 0 Å². The molecule has 1 fully saturated rings. The summed E-state index contributed by atoms with van der Waals surface area (Å²) < 4.78 is 16.2. The van der Waals surface area contributed by atoms with Gasteiger partial charge in [-0.3, -0.25) is 4.99 Å². The predicted molar refractivity (Wildman–Crippen MR) is 130 cm³/mol. The van der Waals surface area contributed by atoms with Crippen molar-refractivity contribution >= 4 is 35.6 Å². The Labute approximate surface area is 192 Å². The standard InChI is InChI=1S/C21H36N4O3.HI/c1-5-22-21(23-10-7-8-12-28-6-2)24-17-9-11-25(16-17)18-13-19(26-3)15-20(14-18)27-4;/h13-15,17H,5-12,16H2,1-4H3,(H2,22,23,24);1H. The lowest BCUT2D eigenvalue weighted by Crippen LogP contribution is -2.44. The molecule has 1 atom stereocenters. The lowest BCUT2D eigenvalue weighted by molar-refractivity contribution is 0.144. The van der Waals surface area contributed by atoms with Crippen molar-refractivity contribution in [2.45, 2.75) is 39.2 Å². The second-order valence-corrected chi connectivity index (χ2v) is 6.81. The maximum Gasteiger partial charge on any atom is 0.191 e. The van der Waals surface area contributed by atoms with Gasteiger partial charge in [0, 0.05) is 69.3 Å². The van der Waals surface area contributed by atoms with Gasteiger partial charge in [0.1, 0.15) is 11.5 Å². The van der Waals surface area contributed by atoms with Crippen LogP contribution in [0.15, 0.2) is 23.2 Å². The fourth-order valence-electron chi connectivity index (χ4n) is 3.25. The van der Waals surface area contributed by atoms with Gasteiger partial charge >= 0.3 is 0 Å². The maximum atomic E-state index is 5.40. The number of unbranched alkanes of at least 4 members (excludes halogenated alkanes) is 1. The van der Waals surface area contributed by atoms with Crippen molar-refractivity contribution in [1.82, 2.24) is 10.6 Å². The third-order valence-electron chi connectivity index (χ3n) is 4.75. The van der Waals surface area contributed by atoms with E-state index in [1.807, 2.05) is 13.0 Å². The SMILES string of the molecule is CCNC(=NCCCCOCC)NC1CCN(c2cc(OC)cc(OC)c2)C1.I. The van der Waals surface area contributed by atoms with Crippen LogP contribution in [0.1, 0.15) is 33.1 Å². The van der Waals surface area contributed by atoms with Crippen molar-refractivity contribution in [3.63, 3.8) is 0 Å². The van der Waals surface area contributed by atoms with E-state index in [4.69, 9.17) is 19.2 Å². The molecule has 2 rings (SSSR count). The van der Waals surface area contributed by atoms with Crippen molar-refractivity contribution in [3.8, 4) is 11.5 Å². The van der Waals surface area contributed by atoms with Gasteiger partial charge in [0.2, 0.25) is 0 Å². The minimum absolute atomic E-state index is 0. The lowest BCUT2D eigenvalue weighted by Gasteiger charge is -2.21. The number of ether oxygens (including phenoxy) is 3. The first-order valence-corrected chi connectivity index (χ1v) is 10.3. The third-order valence-corrected chi connectivity index (χ3v) is 4.75. The number of nitrogens with one attached hydrogen (secondary N) is 2. The van der Waals surface area contributed by atoms with E-state index in [-0.39, 0.29) is 24.0 Å².